The predicted octanol–water partition coefficient (Wildman–Crippen LogP) is -2.10. The summed E-state index contributed by atoms with van der Waals surface area (Å²) in [6, 6.07) is 7.51. The molecule has 15 nitrogen and oxygen atoms in total. The van der Waals surface area contributed by atoms with E-state index in [-0.39, 0.29) is 57.5 Å². The van der Waals surface area contributed by atoms with Crippen molar-refractivity contribution in [3.05, 3.63) is 58.1 Å². The van der Waals surface area contributed by atoms with E-state index in [1.165, 1.54) is 24.3 Å². The third kappa shape index (κ3) is 13.1. The Bertz CT molecular complexity index is 1490. The number of aliphatic hydroxyl groups excluding tert-OH is 3. The first-order valence-corrected chi connectivity index (χ1v) is 16.9. The Morgan fingerprint density at radius 1 is 0.920 bits per heavy atom. The van der Waals surface area contributed by atoms with Gasteiger partial charge in [-0.3, -0.25) is 18.7 Å². The second kappa shape index (κ2) is 19.4. The Kier molecular flexibility index (Phi) is 17.3. The van der Waals surface area contributed by atoms with E-state index >= 15 is 0 Å². The van der Waals surface area contributed by atoms with Crippen LogP contribution in [0.2, 0.25) is 10.0 Å². The third-order valence-electron chi connectivity index (χ3n) is 8.04. The minimum absolute atomic E-state index is 0. The van der Waals surface area contributed by atoms with Crippen molar-refractivity contribution in [2.24, 2.45) is 5.73 Å². The fraction of sp³-hybridized carbons (Fsp3) is 0.517. The number of carbonyl (C=O) groups excluding carboxylic acids is 2. The van der Waals surface area contributed by atoms with Crippen molar-refractivity contribution >= 4 is 42.8 Å². The molecule has 0 saturated heterocycles. The van der Waals surface area contributed by atoms with Crippen LogP contribution >= 0.6 is 31.0 Å². The summed E-state index contributed by atoms with van der Waals surface area (Å²) in [5.41, 5.74) is 2.19. The zero-order valence-electron chi connectivity index (χ0n) is 26.9. The summed E-state index contributed by atoms with van der Waals surface area (Å²) in [5.74, 6) is -2.24. The van der Waals surface area contributed by atoms with Gasteiger partial charge in [0.1, 0.15) is 23.1 Å². The number of halogens is 4. The number of benzene rings is 2. The van der Waals surface area contributed by atoms with Crippen molar-refractivity contribution in [2.45, 2.75) is 54.8 Å². The fourth-order valence-electron chi connectivity index (χ4n) is 5.26. The zero-order chi connectivity index (χ0) is 36.5. The molecule has 3 saturated carbocycles. The number of nitrogens with one attached hydrogen (secondary N) is 2. The smallest absolute Gasteiger partial charge is 0.756 e. The van der Waals surface area contributed by atoms with Gasteiger partial charge in [0.25, 0.3) is 19.6 Å². The fourth-order valence-corrected chi connectivity index (χ4v) is 5.69. The summed E-state index contributed by atoms with van der Waals surface area (Å²) in [5, 5.41) is 30.6. The topological polar surface area (TPSA) is 242 Å². The molecule has 0 spiro atoms. The first-order chi connectivity index (χ1) is 23.0. The van der Waals surface area contributed by atoms with Crippen LogP contribution in [0.15, 0.2) is 36.4 Å². The van der Waals surface area contributed by atoms with Gasteiger partial charge in [0.15, 0.2) is 20.0 Å². The van der Waals surface area contributed by atoms with E-state index in [2.05, 4.69) is 15.2 Å². The Labute approximate surface area is 318 Å². The SMILES string of the molecule is NC(CO)(CO)CO.O=C(COc1ccc(Cl)c(F)c1)NC12CCC(NC(=O)COc3ccc(Cl)c(F)c3)(CC1)[C@@H](OCOP(=O)([O-])O)C2.[Na+]. The number of carbonyl (C=O) groups is 2. The number of ether oxygens (including phenoxy) is 3. The molecule has 3 fully saturated rings. The van der Waals surface area contributed by atoms with Gasteiger partial charge in [0, 0.05) is 17.7 Å². The average molecular weight is 782 g/mol. The molecule has 0 heterocycles. The van der Waals surface area contributed by atoms with Crippen LogP contribution in [0.1, 0.15) is 32.1 Å². The van der Waals surface area contributed by atoms with Crippen LogP contribution in [0.3, 0.4) is 0 Å². The van der Waals surface area contributed by atoms with Crippen molar-refractivity contribution in [1.29, 1.82) is 0 Å². The molecule has 5 rings (SSSR count). The molecule has 2 aromatic carbocycles. The average Bonchev–Trinajstić information content (AvgIpc) is 3.06. The molecule has 8 N–H and O–H groups in total. The van der Waals surface area contributed by atoms with E-state index < -0.39 is 93.8 Å². The summed E-state index contributed by atoms with van der Waals surface area (Å²) >= 11 is 11.3. The standard InChI is InChI=1S/C25H27Cl2F2N2O9P.C4H11NO3.Na/c26-17-3-1-15(9-19(17)28)37-12-22(32)30-24-5-7-25(8-6-24,21(11-24)39-14-40-41(34,35)36)31-23(33)13-38-16-2-4-18(27)20(29)10-16;5-4(1-6,2-7)3-8;/h1-4,9-10,21H,5-8,11-14H2,(H,30,32)(H,31,33)(H2,34,35,36);6-8H,1-3,5H2;/q;;+1/p-1/t21-,24?,25?;;/m0../s1. The summed E-state index contributed by atoms with van der Waals surface area (Å²) in [4.78, 5) is 45.5. The van der Waals surface area contributed by atoms with E-state index in [0.29, 0.717) is 25.7 Å². The van der Waals surface area contributed by atoms with Crippen LogP contribution in [0, 0.1) is 11.6 Å². The molecule has 0 aromatic heterocycles. The van der Waals surface area contributed by atoms with Gasteiger partial charge in [0.2, 0.25) is 0 Å². The van der Waals surface area contributed by atoms with Crippen molar-refractivity contribution in [2.75, 3.05) is 39.8 Å². The Balaban J connectivity index is 0.000000859. The maximum absolute atomic E-state index is 13.7. The van der Waals surface area contributed by atoms with E-state index in [0.717, 1.165) is 12.1 Å². The summed E-state index contributed by atoms with van der Waals surface area (Å²) in [7, 11) is -5.08. The quantitative estimate of drug-likeness (QED) is 0.0583. The maximum Gasteiger partial charge on any atom is 1.00 e. The minimum Gasteiger partial charge on any atom is -0.756 e. The molecule has 21 heteroatoms. The van der Waals surface area contributed by atoms with Crippen molar-refractivity contribution in [1.82, 2.24) is 10.6 Å². The Morgan fingerprint density at radius 2 is 1.38 bits per heavy atom. The normalized spacial score (nSPS) is 22.2. The molecular weight excluding hydrogens is 745 g/mol. The molecule has 3 aliphatic carbocycles. The van der Waals surface area contributed by atoms with Gasteiger partial charge in [-0.05, 0) is 56.4 Å². The van der Waals surface area contributed by atoms with Crippen molar-refractivity contribution < 1.29 is 96.3 Å². The third-order valence-corrected chi connectivity index (χ3v) is 9.08. The van der Waals surface area contributed by atoms with E-state index in [1.807, 2.05) is 0 Å². The second-order valence-electron chi connectivity index (χ2n) is 11.7. The molecule has 3 aliphatic rings. The molecule has 2 atom stereocenters. The Hall–Kier alpha value is -1.67. The first kappa shape index (κ1) is 44.5. The first-order valence-electron chi connectivity index (χ1n) is 14.7. The summed E-state index contributed by atoms with van der Waals surface area (Å²) < 4.78 is 59.1. The predicted molar refractivity (Wildman–Crippen MR) is 167 cm³/mol. The molecule has 2 bridgehead atoms. The van der Waals surface area contributed by atoms with E-state index in [1.54, 1.807) is 0 Å². The summed E-state index contributed by atoms with van der Waals surface area (Å²) in [6.45, 7) is -2.90. The zero-order valence-corrected chi connectivity index (χ0v) is 31.3. The number of phosphoric ester groups is 1. The van der Waals surface area contributed by atoms with Gasteiger partial charge in [-0.15, -0.1) is 0 Å². The van der Waals surface area contributed by atoms with E-state index in [9.17, 15) is 27.8 Å². The molecule has 0 aliphatic heterocycles. The van der Waals surface area contributed by atoms with Gasteiger partial charge < -0.3 is 55.7 Å². The molecular formula is C29H37Cl2F2N3NaO12P. The van der Waals surface area contributed by atoms with Crippen LogP contribution < -0.4 is 60.3 Å². The van der Waals surface area contributed by atoms with E-state index in [4.69, 9.17) is 63.4 Å². The van der Waals surface area contributed by atoms with Gasteiger partial charge in [-0.2, -0.15) is 0 Å². The molecule has 274 valence electrons. The molecule has 2 amide bonds. The number of aliphatic hydroxyl groups is 3. The number of phosphoric acid groups is 1. The van der Waals surface area contributed by atoms with Crippen LogP contribution in [0.5, 0.6) is 11.5 Å². The molecule has 50 heavy (non-hydrogen) atoms. The van der Waals surface area contributed by atoms with Gasteiger partial charge in [0.05, 0.1) is 47.0 Å². The largest absolute Gasteiger partial charge is 1.00 e. The van der Waals surface area contributed by atoms with Gasteiger partial charge in [-0.1, -0.05) is 23.2 Å². The minimum atomic E-state index is -5.08. The van der Waals surface area contributed by atoms with Gasteiger partial charge >= 0.3 is 29.6 Å². The summed E-state index contributed by atoms with van der Waals surface area (Å²) in [6.07, 6.45) is 0.848. The number of amides is 2. The van der Waals surface area contributed by atoms with Crippen molar-refractivity contribution in [3.8, 4) is 11.5 Å². The molecule has 2 aromatic rings. The number of nitrogens with two attached hydrogens (primary N) is 1. The molecule has 1 unspecified atom stereocenters. The van der Waals surface area contributed by atoms with Crippen molar-refractivity contribution in [3.63, 3.8) is 0 Å². The Morgan fingerprint density at radius 3 is 1.78 bits per heavy atom. The monoisotopic (exact) mass is 781 g/mol. The molecule has 0 radical (unpaired) electrons. The number of hydrogen-bond donors (Lipinski definition) is 7. The number of rotatable bonds is 15. The number of fused-ring (bicyclic) bond motifs is 3. The van der Waals surface area contributed by atoms with Crippen LogP contribution in [0.4, 0.5) is 8.78 Å². The second-order valence-corrected chi connectivity index (χ2v) is 13.7. The van der Waals surface area contributed by atoms with Crippen LogP contribution in [-0.4, -0.2) is 94.6 Å². The van der Waals surface area contributed by atoms with Crippen LogP contribution in [0.25, 0.3) is 0 Å². The number of hydrogen-bond acceptors (Lipinski definition) is 12. The van der Waals surface area contributed by atoms with Gasteiger partial charge in [-0.25, -0.2) is 8.78 Å². The maximum atomic E-state index is 13.7. The van der Waals surface area contributed by atoms with Crippen LogP contribution in [-0.2, 0) is 23.4 Å².